The molecule has 4 nitrogen and oxygen atoms in total. The summed E-state index contributed by atoms with van der Waals surface area (Å²) in [6.07, 6.45) is -3.24. The molecule has 0 bridgehead atoms. The second kappa shape index (κ2) is 5.01. The Hall–Kier alpha value is -1.57. The zero-order chi connectivity index (χ0) is 15.2. The number of aryl methyl sites for hydroxylation is 1. The summed E-state index contributed by atoms with van der Waals surface area (Å²) in [6, 6.07) is 0. The van der Waals surface area contributed by atoms with Gasteiger partial charge in [-0.05, 0) is 13.3 Å². The molecule has 0 saturated carbocycles. The first kappa shape index (κ1) is 14.4. The van der Waals surface area contributed by atoms with Crippen molar-refractivity contribution in [2.24, 2.45) is 0 Å². The summed E-state index contributed by atoms with van der Waals surface area (Å²) in [5.74, 6) is -0.672. The topological polar surface area (TPSA) is 46.4 Å². The van der Waals surface area contributed by atoms with Crippen LogP contribution in [0.2, 0.25) is 0 Å². The lowest BCUT2D eigenvalue weighted by Gasteiger charge is -2.15. The Labute approximate surface area is 123 Å². The number of carbonyl (C=O) groups excluding carboxylic acids is 1. The molecule has 0 radical (unpaired) electrons. The summed E-state index contributed by atoms with van der Waals surface area (Å²) in [4.78, 5) is 18.0. The molecule has 2 aromatic rings. The Bertz CT molecular complexity index is 689. The molecular formula is C13H14F3N3OS. The standard InChI is InChI=1S/C13H14F3N3OS/c1-7-6-19-11-8(2-3-13(14,15)16)4-10(20)17-5-9(11)18-12(19)21-7/h6,8H,2-5H2,1H3,(H,17,20)/t8-/m0/s1. The van der Waals surface area contributed by atoms with Crippen LogP contribution in [-0.2, 0) is 11.3 Å². The fourth-order valence-corrected chi connectivity index (χ4v) is 3.58. The number of imidazole rings is 1. The highest BCUT2D eigenvalue weighted by Crippen LogP contribution is 2.35. The molecular weight excluding hydrogens is 303 g/mol. The van der Waals surface area contributed by atoms with Crippen molar-refractivity contribution in [1.82, 2.24) is 14.7 Å². The predicted molar refractivity (Wildman–Crippen MR) is 72.3 cm³/mol. The summed E-state index contributed by atoms with van der Waals surface area (Å²) in [6.45, 7) is 2.21. The Kier molecular flexibility index (Phi) is 3.43. The minimum Gasteiger partial charge on any atom is -0.350 e. The average molecular weight is 317 g/mol. The van der Waals surface area contributed by atoms with E-state index in [4.69, 9.17) is 0 Å². The van der Waals surface area contributed by atoms with Crippen LogP contribution >= 0.6 is 11.3 Å². The van der Waals surface area contributed by atoms with Crippen LogP contribution < -0.4 is 5.32 Å². The molecule has 21 heavy (non-hydrogen) atoms. The monoisotopic (exact) mass is 317 g/mol. The van der Waals surface area contributed by atoms with Crippen molar-refractivity contribution < 1.29 is 18.0 Å². The molecule has 0 aliphatic carbocycles. The number of halogens is 3. The van der Waals surface area contributed by atoms with Crippen LogP contribution in [0.3, 0.4) is 0 Å². The highest BCUT2D eigenvalue weighted by atomic mass is 32.1. The van der Waals surface area contributed by atoms with Crippen molar-refractivity contribution in [2.75, 3.05) is 0 Å². The van der Waals surface area contributed by atoms with Crippen LogP contribution in [0.25, 0.3) is 4.96 Å². The zero-order valence-electron chi connectivity index (χ0n) is 11.3. The lowest BCUT2D eigenvalue weighted by Crippen LogP contribution is -2.21. The fourth-order valence-electron chi connectivity index (χ4n) is 2.73. The Morgan fingerprint density at radius 3 is 3.00 bits per heavy atom. The van der Waals surface area contributed by atoms with Crippen LogP contribution in [0, 0.1) is 6.92 Å². The van der Waals surface area contributed by atoms with Crippen molar-refractivity contribution in [3.8, 4) is 0 Å². The van der Waals surface area contributed by atoms with Gasteiger partial charge in [0.15, 0.2) is 4.96 Å². The number of nitrogens with zero attached hydrogens (tertiary/aromatic N) is 2. The lowest BCUT2D eigenvalue weighted by atomic mass is 9.94. The molecule has 1 N–H and O–H groups in total. The quantitative estimate of drug-likeness (QED) is 0.925. The van der Waals surface area contributed by atoms with Crippen LogP contribution in [0.4, 0.5) is 13.2 Å². The van der Waals surface area contributed by atoms with E-state index >= 15 is 0 Å². The van der Waals surface area contributed by atoms with Gasteiger partial charge in [-0.1, -0.05) is 0 Å². The van der Waals surface area contributed by atoms with Gasteiger partial charge < -0.3 is 5.32 Å². The molecule has 0 aromatic carbocycles. The maximum absolute atomic E-state index is 12.5. The van der Waals surface area contributed by atoms with Gasteiger partial charge in [0.1, 0.15) is 0 Å². The first-order valence-corrected chi connectivity index (χ1v) is 7.46. The molecule has 0 saturated heterocycles. The van der Waals surface area contributed by atoms with Crippen LogP contribution in [0.15, 0.2) is 6.20 Å². The number of hydrogen-bond acceptors (Lipinski definition) is 3. The van der Waals surface area contributed by atoms with Crippen LogP contribution in [-0.4, -0.2) is 21.5 Å². The maximum Gasteiger partial charge on any atom is 0.389 e. The third-order valence-electron chi connectivity index (χ3n) is 3.60. The molecule has 2 aromatic heterocycles. The van der Waals surface area contributed by atoms with Gasteiger partial charge in [0.2, 0.25) is 5.91 Å². The second-order valence-corrected chi connectivity index (χ2v) is 6.48. The summed E-state index contributed by atoms with van der Waals surface area (Å²) < 4.78 is 39.4. The number of aromatic nitrogens is 2. The van der Waals surface area contributed by atoms with Crippen molar-refractivity contribution in [3.05, 3.63) is 22.5 Å². The van der Waals surface area contributed by atoms with Gasteiger partial charge >= 0.3 is 6.18 Å². The summed E-state index contributed by atoms with van der Waals surface area (Å²) in [5.41, 5.74) is 1.43. The third-order valence-corrected chi connectivity index (χ3v) is 4.50. The molecule has 1 aliphatic heterocycles. The molecule has 8 heteroatoms. The van der Waals surface area contributed by atoms with Gasteiger partial charge in [-0.2, -0.15) is 13.2 Å². The lowest BCUT2D eigenvalue weighted by molar-refractivity contribution is -0.137. The normalized spacial score (nSPS) is 19.4. The number of hydrogen-bond donors (Lipinski definition) is 1. The smallest absolute Gasteiger partial charge is 0.350 e. The van der Waals surface area contributed by atoms with E-state index in [2.05, 4.69) is 10.3 Å². The van der Waals surface area contributed by atoms with Crippen LogP contribution in [0.1, 0.15) is 41.4 Å². The Morgan fingerprint density at radius 2 is 2.29 bits per heavy atom. The van der Waals surface area contributed by atoms with Gasteiger partial charge in [0.25, 0.3) is 0 Å². The second-order valence-electron chi connectivity index (χ2n) is 5.27. The predicted octanol–water partition coefficient (Wildman–Crippen LogP) is 3.15. The van der Waals surface area contributed by atoms with E-state index in [1.165, 1.54) is 11.3 Å². The molecule has 0 spiro atoms. The van der Waals surface area contributed by atoms with E-state index < -0.39 is 18.5 Å². The summed E-state index contributed by atoms with van der Waals surface area (Å²) in [7, 11) is 0. The third kappa shape index (κ3) is 2.90. The summed E-state index contributed by atoms with van der Waals surface area (Å²) in [5, 5.41) is 2.70. The molecule has 3 rings (SSSR count). The SMILES string of the molecule is Cc1cn2c3c(nc2s1)CNC(=O)C[C@@H]3CCC(F)(F)F. The molecule has 1 atom stereocenters. The highest BCUT2D eigenvalue weighted by molar-refractivity contribution is 7.17. The Morgan fingerprint density at radius 1 is 1.52 bits per heavy atom. The zero-order valence-corrected chi connectivity index (χ0v) is 12.1. The van der Waals surface area contributed by atoms with E-state index in [0.29, 0.717) is 5.69 Å². The Balaban J connectivity index is 2.00. The van der Waals surface area contributed by atoms with E-state index in [0.717, 1.165) is 15.5 Å². The highest BCUT2D eigenvalue weighted by Gasteiger charge is 2.33. The number of thiazole rings is 1. The van der Waals surface area contributed by atoms with Gasteiger partial charge in [-0.3, -0.25) is 9.20 Å². The number of amides is 1. The summed E-state index contributed by atoms with van der Waals surface area (Å²) >= 11 is 1.50. The van der Waals surface area contributed by atoms with E-state index in [1.54, 1.807) is 0 Å². The minimum absolute atomic E-state index is 0.0752. The van der Waals surface area contributed by atoms with Crippen molar-refractivity contribution in [2.45, 2.75) is 44.8 Å². The average Bonchev–Trinajstić information content (AvgIpc) is 2.81. The van der Waals surface area contributed by atoms with E-state index in [1.807, 2.05) is 17.5 Å². The van der Waals surface area contributed by atoms with Gasteiger partial charge in [-0.15, -0.1) is 11.3 Å². The minimum atomic E-state index is -4.21. The molecule has 114 valence electrons. The molecule has 1 aliphatic rings. The maximum atomic E-state index is 12.5. The molecule has 3 heterocycles. The first-order chi connectivity index (χ1) is 9.83. The molecule has 1 amide bonds. The number of nitrogens with one attached hydrogen (secondary N) is 1. The van der Waals surface area contributed by atoms with Gasteiger partial charge in [0, 0.05) is 29.8 Å². The van der Waals surface area contributed by atoms with E-state index in [-0.39, 0.29) is 25.3 Å². The molecule has 0 fully saturated rings. The number of carbonyl (C=O) groups is 1. The van der Waals surface area contributed by atoms with E-state index in [9.17, 15) is 18.0 Å². The van der Waals surface area contributed by atoms with Gasteiger partial charge in [-0.25, -0.2) is 4.98 Å². The van der Waals surface area contributed by atoms with Crippen LogP contribution in [0.5, 0.6) is 0 Å². The fraction of sp³-hybridized carbons (Fsp3) is 0.538. The van der Waals surface area contributed by atoms with Crippen molar-refractivity contribution in [1.29, 1.82) is 0 Å². The molecule has 0 unspecified atom stereocenters. The largest absolute Gasteiger partial charge is 0.389 e. The van der Waals surface area contributed by atoms with Crippen molar-refractivity contribution >= 4 is 22.2 Å². The number of fused-ring (bicyclic) bond motifs is 3. The van der Waals surface area contributed by atoms with Gasteiger partial charge in [0.05, 0.1) is 17.9 Å². The first-order valence-electron chi connectivity index (χ1n) is 6.64. The number of alkyl halides is 3. The van der Waals surface area contributed by atoms with Crippen molar-refractivity contribution in [3.63, 3.8) is 0 Å². The number of rotatable bonds is 2.